The Morgan fingerprint density at radius 1 is 1.05 bits per heavy atom. The van der Waals surface area contributed by atoms with E-state index in [4.69, 9.17) is 9.31 Å². The van der Waals surface area contributed by atoms with Gasteiger partial charge in [0.25, 0.3) is 0 Å². The van der Waals surface area contributed by atoms with Gasteiger partial charge in [-0.2, -0.15) is 0 Å². The maximum absolute atomic E-state index is 13.8. The van der Waals surface area contributed by atoms with Gasteiger partial charge in [-0.1, -0.05) is 13.0 Å². The Morgan fingerprint density at radius 2 is 1.58 bits per heavy atom. The zero-order valence-corrected chi connectivity index (χ0v) is 12.0. The normalized spacial score (nSPS) is 20.9. The summed E-state index contributed by atoms with van der Waals surface area (Å²) < 4.78 is 38.8. The highest BCUT2D eigenvalue weighted by molar-refractivity contribution is 6.62. The monoisotopic (exact) mass is 268 g/mol. The quantitative estimate of drug-likeness (QED) is 0.768. The predicted octanol–water partition coefficient (Wildman–Crippen LogP) is 2.83. The fourth-order valence-electron chi connectivity index (χ4n) is 2.16. The molecular formula is C14H19BF2O2. The first-order chi connectivity index (χ1) is 8.69. The second kappa shape index (κ2) is 4.56. The lowest BCUT2D eigenvalue weighted by Gasteiger charge is -2.32. The van der Waals surface area contributed by atoms with Crippen LogP contribution in [0.1, 0.15) is 40.2 Å². The molecule has 1 aliphatic rings. The third kappa shape index (κ3) is 2.30. The second-order valence-electron chi connectivity index (χ2n) is 5.87. The van der Waals surface area contributed by atoms with Gasteiger partial charge in [0, 0.05) is 0 Å². The lowest BCUT2D eigenvalue weighted by molar-refractivity contribution is 0.00578. The largest absolute Gasteiger partial charge is 0.495 e. The SMILES string of the molecule is CCc1c(B2OC(C)(C)C(C)(C)O2)ccc(F)c1F. The summed E-state index contributed by atoms with van der Waals surface area (Å²) >= 11 is 0. The van der Waals surface area contributed by atoms with Gasteiger partial charge in [0.15, 0.2) is 11.6 Å². The van der Waals surface area contributed by atoms with E-state index < -0.39 is 30.0 Å². The van der Waals surface area contributed by atoms with E-state index in [0.717, 1.165) is 6.07 Å². The van der Waals surface area contributed by atoms with E-state index in [1.165, 1.54) is 0 Å². The highest BCUT2D eigenvalue weighted by Crippen LogP contribution is 2.36. The van der Waals surface area contributed by atoms with Crippen molar-refractivity contribution >= 4 is 12.6 Å². The van der Waals surface area contributed by atoms with Crippen LogP contribution in [0, 0.1) is 11.6 Å². The lowest BCUT2D eigenvalue weighted by Crippen LogP contribution is -2.41. The molecule has 1 saturated heterocycles. The average molecular weight is 268 g/mol. The number of hydrogen-bond donors (Lipinski definition) is 0. The molecule has 1 aromatic rings. The first-order valence-electron chi connectivity index (χ1n) is 6.52. The van der Waals surface area contributed by atoms with Gasteiger partial charge in [-0.15, -0.1) is 0 Å². The summed E-state index contributed by atoms with van der Waals surface area (Å²) in [4.78, 5) is 0. The topological polar surface area (TPSA) is 18.5 Å². The molecule has 0 aromatic heterocycles. The molecule has 0 bridgehead atoms. The minimum Gasteiger partial charge on any atom is -0.399 e. The van der Waals surface area contributed by atoms with Gasteiger partial charge in [-0.25, -0.2) is 8.78 Å². The molecule has 0 atom stereocenters. The highest BCUT2D eigenvalue weighted by atomic mass is 19.2. The summed E-state index contributed by atoms with van der Waals surface area (Å²) in [7, 11) is -0.657. The summed E-state index contributed by atoms with van der Waals surface area (Å²) in [6.45, 7) is 9.50. The van der Waals surface area contributed by atoms with Crippen molar-refractivity contribution < 1.29 is 18.1 Å². The fourth-order valence-corrected chi connectivity index (χ4v) is 2.16. The first-order valence-corrected chi connectivity index (χ1v) is 6.52. The average Bonchev–Trinajstić information content (AvgIpc) is 2.51. The molecule has 5 heteroatoms. The minimum atomic E-state index is -0.836. The summed E-state index contributed by atoms with van der Waals surface area (Å²) in [5, 5.41) is 0. The third-order valence-corrected chi connectivity index (χ3v) is 4.09. The van der Waals surface area contributed by atoms with Crippen molar-refractivity contribution in [1.82, 2.24) is 0 Å². The van der Waals surface area contributed by atoms with E-state index in [1.54, 1.807) is 13.0 Å². The number of rotatable bonds is 2. The van der Waals surface area contributed by atoms with E-state index in [1.807, 2.05) is 27.7 Å². The second-order valence-corrected chi connectivity index (χ2v) is 5.87. The Balaban J connectivity index is 2.43. The summed E-state index contributed by atoms with van der Waals surface area (Å²) in [6.07, 6.45) is 0.392. The molecule has 1 aromatic carbocycles. The van der Waals surface area contributed by atoms with Crippen molar-refractivity contribution in [3.05, 3.63) is 29.3 Å². The molecule has 0 unspecified atom stereocenters. The maximum atomic E-state index is 13.8. The zero-order chi connectivity index (χ0) is 14.4. The van der Waals surface area contributed by atoms with E-state index in [2.05, 4.69) is 0 Å². The molecule has 0 radical (unpaired) electrons. The zero-order valence-electron chi connectivity index (χ0n) is 12.0. The Labute approximate surface area is 113 Å². The molecule has 104 valence electrons. The first kappa shape index (κ1) is 14.5. The fraction of sp³-hybridized carbons (Fsp3) is 0.571. The highest BCUT2D eigenvalue weighted by Gasteiger charge is 2.52. The van der Waals surface area contributed by atoms with Gasteiger partial charge < -0.3 is 9.31 Å². The predicted molar refractivity (Wildman–Crippen MR) is 71.5 cm³/mol. The van der Waals surface area contributed by atoms with Crippen molar-refractivity contribution in [3.8, 4) is 0 Å². The number of hydrogen-bond acceptors (Lipinski definition) is 2. The van der Waals surface area contributed by atoms with Crippen molar-refractivity contribution in [2.75, 3.05) is 0 Å². The third-order valence-electron chi connectivity index (χ3n) is 4.09. The van der Waals surface area contributed by atoms with Crippen LogP contribution in [0.3, 0.4) is 0 Å². The lowest BCUT2D eigenvalue weighted by atomic mass is 9.75. The molecule has 2 nitrogen and oxygen atoms in total. The van der Waals surface area contributed by atoms with Crippen LogP contribution in [0.5, 0.6) is 0 Å². The Hall–Kier alpha value is -0.935. The van der Waals surface area contributed by atoms with Crippen LogP contribution in [0.2, 0.25) is 0 Å². The van der Waals surface area contributed by atoms with Crippen molar-refractivity contribution in [2.24, 2.45) is 0 Å². The standard InChI is InChI=1S/C14H19BF2O2/c1-6-9-10(7-8-11(16)12(9)17)15-18-13(2,3)14(4,5)19-15/h7-8H,6H2,1-5H3. The van der Waals surface area contributed by atoms with Crippen LogP contribution in [0.4, 0.5) is 8.78 Å². The van der Waals surface area contributed by atoms with Crippen LogP contribution in [-0.4, -0.2) is 18.3 Å². The molecule has 1 fully saturated rings. The van der Waals surface area contributed by atoms with Crippen LogP contribution in [0.25, 0.3) is 0 Å². The van der Waals surface area contributed by atoms with Crippen molar-refractivity contribution in [2.45, 2.75) is 52.2 Å². The molecule has 1 heterocycles. The summed E-state index contributed by atoms with van der Waals surface area (Å²) in [6, 6.07) is 2.66. The van der Waals surface area contributed by atoms with Crippen molar-refractivity contribution in [1.29, 1.82) is 0 Å². The smallest absolute Gasteiger partial charge is 0.399 e. The van der Waals surface area contributed by atoms with E-state index >= 15 is 0 Å². The van der Waals surface area contributed by atoms with Gasteiger partial charge in [0.1, 0.15) is 0 Å². The van der Waals surface area contributed by atoms with Gasteiger partial charge in [-0.3, -0.25) is 0 Å². The molecule has 0 saturated carbocycles. The summed E-state index contributed by atoms with van der Waals surface area (Å²) in [5.41, 5.74) is -0.0975. The van der Waals surface area contributed by atoms with Crippen LogP contribution in [0.15, 0.2) is 12.1 Å². The molecule has 0 amide bonds. The molecule has 0 aliphatic carbocycles. The number of halogens is 2. The van der Waals surface area contributed by atoms with Crippen LogP contribution in [-0.2, 0) is 15.7 Å². The van der Waals surface area contributed by atoms with E-state index in [0.29, 0.717) is 17.4 Å². The number of benzene rings is 1. The maximum Gasteiger partial charge on any atom is 0.495 e. The Kier molecular flexibility index (Phi) is 3.48. The molecule has 1 aliphatic heterocycles. The summed E-state index contributed by atoms with van der Waals surface area (Å²) in [5.74, 6) is -1.65. The van der Waals surface area contributed by atoms with Gasteiger partial charge in [0.05, 0.1) is 11.2 Å². The molecule has 0 N–H and O–H groups in total. The molecule has 19 heavy (non-hydrogen) atoms. The Bertz CT molecular complexity index is 484. The van der Waals surface area contributed by atoms with Gasteiger partial charge in [0.2, 0.25) is 0 Å². The van der Waals surface area contributed by atoms with Gasteiger partial charge >= 0.3 is 7.12 Å². The van der Waals surface area contributed by atoms with Crippen LogP contribution < -0.4 is 5.46 Å². The van der Waals surface area contributed by atoms with E-state index in [9.17, 15) is 8.78 Å². The van der Waals surface area contributed by atoms with E-state index in [-0.39, 0.29) is 0 Å². The molecule has 0 spiro atoms. The molecular weight excluding hydrogens is 249 g/mol. The van der Waals surface area contributed by atoms with Crippen LogP contribution >= 0.6 is 0 Å². The van der Waals surface area contributed by atoms with Gasteiger partial charge in [-0.05, 0) is 51.2 Å². The van der Waals surface area contributed by atoms with Crippen molar-refractivity contribution in [3.63, 3.8) is 0 Å². The molecule has 2 rings (SSSR count). The minimum absolute atomic E-state index is 0.318. The Morgan fingerprint density at radius 3 is 2.05 bits per heavy atom.